The molecule has 4 rings (SSSR count). The van der Waals surface area contributed by atoms with Gasteiger partial charge in [-0.25, -0.2) is 19.7 Å². The Bertz CT molecular complexity index is 924. The number of anilines is 2. The first-order valence-corrected chi connectivity index (χ1v) is 8.66. The Labute approximate surface area is 143 Å². The molecule has 1 aromatic carbocycles. The third-order valence-corrected chi connectivity index (χ3v) is 5.00. The number of nitrogens with zero attached hydrogens (tertiary/aromatic N) is 4. The van der Waals surface area contributed by atoms with E-state index in [2.05, 4.69) is 38.9 Å². The molecule has 24 heavy (non-hydrogen) atoms. The molecular weight excluding hydrogens is 324 g/mol. The molecule has 0 saturated carbocycles. The number of benzene rings is 1. The van der Waals surface area contributed by atoms with Crippen LogP contribution in [0.5, 0.6) is 0 Å². The predicted octanol–water partition coefficient (Wildman–Crippen LogP) is 3.35. The van der Waals surface area contributed by atoms with Crippen molar-refractivity contribution in [3.8, 4) is 0 Å². The molecule has 3 aromatic rings. The Morgan fingerprint density at radius 2 is 2.21 bits per heavy atom. The lowest BCUT2D eigenvalue weighted by molar-refractivity contribution is 0.0526. The van der Waals surface area contributed by atoms with Gasteiger partial charge in [-0.3, -0.25) is 0 Å². The number of rotatable bonds is 3. The Hall–Kier alpha value is -2.54. The van der Waals surface area contributed by atoms with E-state index in [1.54, 1.807) is 6.92 Å². The van der Waals surface area contributed by atoms with Gasteiger partial charge in [0.25, 0.3) is 0 Å². The molecule has 0 bridgehead atoms. The topological polar surface area (TPSA) is 68.2 Å². The number of ether oxygens (including phenoxy) is 1. The van der Waals surface area contributed by atoms with E-state index >= 15 is 0 Å². The Balaban J connectivity index is 1.84. The van der Waals surface area contributed by atoms with Gasteiger partial charge in [0.15, 0.2) is 5.82 Å². The average molecular weight is 340 g/mol. The molecule has 1 aliphatic rings. The Morgan fingerprint density at radius 3 is 3.04 bits per heavy atom. The summed E-state index contributed by atoms with van der Waals surface area (Å²) in [5.41, 5.74) is 3.07. The molecule has 0 N–H and O–H groups in total. The summed E-state index contributed by atoms with van der Waals surface area (Å²) in [5.74, 6) is 0.325. The van der Waals surface area contributed by atoms with Crippen molar-refractivity contribution in [3.63, 3.8) is 0 Å². The summed E-state index contributed by atoms with van der Waals surface area (Å²) in [5, 5.41) is 0.314. The SMILES string of the molecule is CCOC(=O)c1nc2c(N3c4ccccc4C[C@H]3C)ncnc2s1. The van der Waals surface area contributed by atoms with Gasteiger partial charge in [-0.05, 0) is 31.9 Å². The molecule has 0 fully saturated rings. The fourth-order valence-electron chi connectivity index (χ4n) is 3.09. The number of carbonyl (C=O) groups is 1. The van der Waals surface area contributed by atoms with Crippen molar-refractivity contribution in [2.45, 2.75) is 26.3 Å². The van der Waals surface area contributed by atoms with E-state index in [1.165, 1.54) is 23.2 Å². The van der Waals surface area contributed by atoms with Crippen LogP contribution in [0.2, 0.25) is 0 Å². The number of para-hydroxylation sites is 1. The fourth-order valence-corrected chi connectivity index (χ4v) is 3.88. The largest absolute Gasteiger partial charge is 0.461 e. The molecular formula is C17H16N4O2S. The van der Waals surface area contributed by atoms with Crippen LogP contribution in [0.1, 0.15) is 29.2 Å². The van der Waals surface area contributed by atoms with E-state index in [9.17, 15) is 4.79 Å². The van der Waals surface area contributed by atoms with Crippen LogP contribution in [0, 0.1) is 0 Å². The predicted molar refractivity (Wildman–Crippen MR) is 92.9 cm³/mol. The molecule has 7 heteroatoms. The summed E-state index contributed by atoms with van der Waals surface area (Å²) in [7, 11) is 0. The van der Waals surface area contributed by atoms with Crippen molar-refractivity contribution < 1.29 is 9.53 Å². The summed E-state index contributed by atoms with van der Waals surface area (Å²) >= 11 is 1.24. The average Bonchev–Trinajstić information content (AvgIpc) is 3.15. The second-order valence-electron chi connectivity index (χ2n) is 5.64. The lowest BCUT2D eigenvalue weighted by Gasteiger charge is -2.23. The summed E-state index contributed by atoms with van der Waals surface area (Å²) in [6.07, 6.45) is 2.48. The van der Waals surface area contributed by atoms with Crippen molar-refractivity contribution in [3.05, 3.63) is 41.2 Å². The quantitative estimate of drug-likeness (QED) is 0.681. The van der Waals surface area contributed by atoms with Gasteiger partial charge in [0.2, 0.25) is 5.01 Å². The van der Waals surface area contributed by atoms with Gasteiger partial charge < -0.3 is 9.64 Å². The monoisotopic (exact) mass is 340 g/mol. The minimum atomic E-state index is -0.415. The lowest BCUT2D eigenvalue weighted by atomic mass is 10.1. The molecule has 2 aromatic heterocycles. The van der Waals surface area contributed by atoms with E-state index in [1.807, 2.05) is 12.1 Å². The van der Waals surface area contributed by atoms with Gasteiger partial charge in [0, 0.05) is 11.7 Å². The third-order valence-electron chi connectivity index (χ3n) is 4.06. The van der Waals surface area contributed by atoms with Crippen molar-refractivity contribution >= 4 is 39.2 Å². The second-order valence-corrected chi connectivity index (χ2v) is 6.62. The van der Waals surface area contributed by atoms with Crippen LogP contribution < -0.4 is 4.90 Å². The highest BCUT2D eigenvalue weighted by Gasteiger charge is 2.30. The molecule has 0 saturated heterocycles. The first-order valence-electron chi connectivity index (χ1n) is 7.85. The van der Waals surface area contributed by atoms with Crippen LogP contribution in [0.25, 0.3) is 10.3 Å². The van der Waals surface area contributed by atoms with E-state index < -0.39 is 5.97 Å². The molecule has 0 amide bonds. The van der Waals surface area contributed by atoms with E-state index in [4.69, 9.17) is 4.74 Å². The van der Waals surface area contributed by atoms with E-state index in [-0.39, 0.29) is 6.04 Å². The van der Waals surface area contributed by atoms with Crippen molar-refractivity contribution in [1.29, 1.82) is 0 Å². The molecule has 0 radical (unpaired) electrons. The normalized spacial score (nSPS) is 16.4. The summed E-state index contributed by atoms with van der Waals surface area (Å²) in [4.78, 5) is 28.0. The highest BCUT2D eigenvalue weighted by atomic mass is 32.1. The van der Waals surface area contributed by atoms with Crippen LogP contribution in [0.15, 0.2) is 30.6 Å². The third kappa shape index (κ3) is 2.32. The van der Waals surface area contributed by atoms with Gasteiger partial charge in [-0.1, -0.05) is 29.5 Å². The highest BCUT2D eigenvalue weighted by molar-refractivity contribution is 7.19. The molecule has 0 unspecified atom stereocenters. The maximum atomic E-state index is 12.0. The van der Waals surface area contributed by atoms with E-state index in [0.717, 1.165) is 17.9 Å². The number of esters is 1. The minimum Gasteiger partial charge on any atom is -0.461 e. The van der Waals surface area contributed by atoms with Crippen LogP contribution >= 0.6 is 11.3 Å². The molecule has 0 aliphatic carbocycles. The van der Waals surface area contributed by atoms with Crippen LogP contribution in [-0.2, 0) is 11.2 Å². The van der Waals surface area contributed by atoms with Gasteiger partial charge in [0.1, 0.15) is 16.7 Å². The fraction of sp³-hybridized carbons (Fsp3) is 0.294. The lowest BCUT2D eigenvalue weighted by Crippen LogP contribution is -2.25. The smallest absolute Gasteiger partial charge is 0.367 e. The van der Waals surface area contributed by atoms with E-state index in [0.29, 0.717) is 22.0 Å². The van der Waals surface area contributed by atoms with Crippen molar-refractivity contribution in [2.24, 2.45) is 0 Å². The first-order chi connectivity index (χ1) is 11.7. The maximum Gasteiger partial charge on any atom is 0.367 e. The standard InChI is InChI=1S/C17H16N4O2S/c1-3-23-17(22)16-20-13-14(18-9-19-15(13)24-16)21-10(2)8-11-6-4-5-7-12(11)21/h4-7,9-10H,3,8H2,1-2H3/t10-/m1/s1. The molecule has 3 heterocycles. The molecule has 6 nitrogen and oxygen atoms in total. The molecule has 0 spiro atoms. The van der Waals surface area contributed by atoms with Crippen molar-refractivity contribution in [1.82, 2.24) is 15.0 Å². The first kappa shape index (κ1) is 15.0. The van der Waals surface area contributed by atoms with Gasteiger partial charge in [-0.15, -0.1) is 0 Å². The van der Waals surface area contributed by atoms with Crippen LogP contribution in [0.3, 0.4) is 0 Å². The zero-order chi connectivity index (χ0) is 16.7. The Morgan fingerprint density at radius 1 is 1.38 bits per heavy atom. The van der Waals surface area contributed by atoms with Gasteiger partial charge in [0.05, 0.1) is 6.61 Å². The zero-order valence-electron chi connectivity index (χ0n) is 13.4. The van der Waals surface area contributed by atoms with Gasteiger partial charge in [-0.2, -0.15) is 0 Å². The second kappa shape index (κ2) is 5.83. The number of aromatic nitrogens is 3. The maximum absolute atomic E-state index is 12.0. The molecule has 122 valence electrons. The summed E-state index contributed by atoms with van der Waals surface area (Å²) in [6.45, 7) is 4.26. The van der Waals surface area contributed by atoms with Gasteiger partial charge >= 0.3 is 5.97 Å². The summed E-state index contributed by atoms with van der Waals surface area (Å²) in [6, 6.07) is 8.56. The van der Waals surface area contributed by atoms with Crippen LogP contribution in [0.4, 0.5) is 11.5 Å². The molecule has 1 aliphatic heterocycles. The van der Waals surface area contributed by atoms with Crippen molar-refractivity contribution in [2.75, 3.05) is 11.5 Å². The number of fused-ring (bicyclic) bond motifs is 2. The number of hydrogen-bond acceptors (Lipinski definition) is 7. The minimum absolute atomic E-state index is 0.272. The molecule has 1 atom stereocenters. The Kier molecular flexibility index (Phi) is 3.65. The van der Waals surface area contributed by atoms with Crippen LogP contribution in [-0.4, -0.2) is 33.6 Å². The highest BCUT2D eigenvalue weighted by Crippen LogP contribution is 2.40. The number of thiazole rings is 1. The number of carbonyl (C=O) groups excluding carboxylic acids is 1. The summed E-state index contributed by atoms with van der Waals surface area (Å²) < 4.78 is 5.05. The number of hydrogen-bond donors (Lipinski definition) is 0. The zero-order valence-corrected chi connectivity index (χ0v) is 14.2.